The molecule has 0 amide bonds. The maximum Gasteiger partial charge on any atom is 0.420 e. The summed E-state index contributed by atoms with van der Waals surface area (Å²) in [6.07, 6.45) is -8.40. The predicted molar refractivity (Wildman–Crippen MR) is 38.6 cm³/mol. The van der Waals surface area contributed by atoms with E-state index in [1.165, 1.54) is 0 Å². The number of hydrogen-bond donors (Lipinski definition) is 1. The van der Waals surface area contributed by atoms with Crippen LogP contribution in [0.1, 0.15) is 17.7 Å². The third-order valence-electron chi connectivity index (χ3n) is 1.59. The Kier molecular flexibility index (Phi) is 2.78. The van der Waals surface area contributed by atoms with E-state index in [2.05, 4.69) is 4.98 Å². The van der Waals surface area contributed by atoms with E-state index in [-0.39, 0.29) is 6.20 Å². The fraction of sp³-hybridized carbons (Fsp3) is 0.286. The summed E-state index contributed by atoms with van der Waals surface area (Å²) >= 11 is 0. The van der Waals surface area contributed by atoms with Crippen molar-refractivity contribution in [3.05, 3.63) is 23.3 Å². The average Bonchev–Trinajstić information content (AvgIpc) is 2.06. The van der Waals surface area contributed by atoms with Crippen LogP contribution in [0.2, 0.25) is 0 Å². The molecule has 0 saturated carbocycles. The van der Waals surface area contributed by atoms with E-state index in [1.54, 1.807) is 0 Å². The van der Waals surface area contributed by atoms with Crippen molar-refractivity contribution in [3.8, 4) is 0 Å². The van der Waals surface area contributed by atoms with Crippen molar-refractivity contribution in [1.82, 2.24) is 4.98 Å². The van der Waals surface area contributed by atoms with Crippen LogP contribution >= 0.6 is 0 Å². The molecule has 0 spiro atoms. The Balaban J connectivity index is 3.49. The maximum atomic E-state index is 12.6. The number of rotatable bonds is 1. The standard InChI is InChI=1S/C7H4F6N2/c8-2-1-15-5(6(9)10)3(4(2)14)7(11,12)13/h1,6H,(H2,14,15). The average molecular weight is 230 g/mol. The van der Waals surface area contributed by atoms with Crippen LogP contribution in [0.25, 0.3) is 0 Å². The fourth-order valence-electron chi connectivity index (χ4n) is 0.981. The lowest BCUT2D eigenvalue weighted by Crippen LogP contribution is -2.16. The van der Waals surface area contributed by atoms with Gasteiger partial charge < -0.3 is 5.73 Å². The minimum absolute atomic E-state index is 0.228. The molecule has 1 aromatic heterocycles. The van der Waals surface area contributed by atoms with Crippen LogP contribution in [-0.4, -0.2) is 4.98 Å². The van der Waals surface area contributed by atoms with Crippen LogP contribution in [0.4, 0.5) is 32.0 Å². The molecule has 15 heavy (non-hydrogen) atoms. The highest BCUT2D eigenvalue weighted by molar-refractivity contribution is 5.51. The van der Waals surface area contributed by atoms with E-state index >= 15 is 0 Å². The van der Waals surface area contributed by atoms with Crippen LogP contribution in [0, 0.1) is 5.82 Å². The van der Waals surface area contributed by atoms with Crippen molar-refractivity contribution in [3.63, 3.8) is 0 Å². The zero-order valence-electron chi connectivity index (χ0n) is 6.95. The minimum Gasteiger partial charge on any atom is -0.396 e. The van der Waals surface area contributed by atoms with Gasteiger partial charge in [0.25, 0.3) is 6.43 Å². The molecule has 1 aromatic rings. The number of halogens is 6. The number of nitrogen functional groups attached to an aromatic ring is 1. The molecule has 0 unspecified atom stereocenters. The molecular formula is C7H4F6N2. The van der Waals surface area contributed by atoms with Gasteiger partial charge >= 0.3 is 6.18 Å². The van der Waals surface area contributed by atoms with E-state index in [0.717, 1.165) is 0 Å². The van der Waals surface area contributed by atoms with E-state index in [0.29, 0.717) is 0 Å². The summed E-state index contributed by atoms with van der Waals surface area (Å²) in [4.78, 5) is 2.68. The molecule has 0 aliphatic rings. The first-order valence-electron chi connectivity index (χ1n) is 3.54. The van der Waals surface area contributed by atoms with Gasteiger partial charge in [-0.1, -0.05) is 0 Å². The monoisotopic (exact) mass is 230 g/mol. The first-order valence-corrected chi connectivity index (χ1v) is 3.54. The zero-order chi connectivity index (χ0) is 11.8. The van der Waals surface area contributed by atoms with Gasteiger partial charge in [0.2, 0.25) is 0 Å². The Morgan fingerprint density at radius 3 is 2.20 bits per heavy atom. The van der Waals surface area contributed by atoms with Crippen molar-refractivity contribution in [2.45, 2.75) is 12.6 Å². The number of nitrogens with two attached hydrogens (primary N) is 1. The molecule has 2 nitrogen and oxygen atoms in total. The third kappa shape index (κ3) is 2.13. The zero-order valence-corrected chi connectivity index (χ0v) is 6.95. The van der Waals surface area contributed by atoms with E-state index < -0.39 is 35.4 Å². The minimum atomic E-state index is -5.16. The topological polar surface area (TPSA) is 38.9 Å². The molecule has 0 radical (unpaired) electrons. The predicted octanol–water partition coefficient (Wildman–Crippen LogP) is 2.76. The van der Waals surface area contributed by atoms with Crippen molar-refractivity contribution in [2.24, 2.45) is 0 Å². The van der Waals surface area contributed by atoms with Gasteiger partial charge in [0.1, 0.15) is 11.3 Å². The summed E-state index contributed by atoms with van der Waals surface area (Å²) in [5.74, 6) is -1.48. The number of nitrogens with zero attached hydrogens (tertiary/aromatic N) is 1. The molecule has 0 fully saturated rings. The molecular weight excluding hydrogens is 226 g/mol. The van der Waals surface area contributed by atoms with Crippen molar-refractivity contribution in [2.75, 3.05) is 5.73 Å². The van der Waals surface area contributed by atoms with E-state index in [4.69, 9.17) is 5.73 Å². The second-order valence-electron chi connectivity index (χ2n) is 2.58. The summed E-state index contributed by atoms with van der Waals surface area (Å²) in [7, 11) is 0. The van der Waals surface area contributed by atoms with Gasteiger partial charge in [0.15, 0.2) is 5.82 Å². The quantitative estimate of drug-likeness (QED) is 0.753. The van der Waals surface area contributed by atoms with Crippen LogP contribution in [0.5, 0.6) is 0 Å². The Morgan fingerprint density at radius 2 is 1.80 bits per heavy atom. The Hall–Kier alpha value is -1.47. The van der Waals surface area contributed by atoms with Gasteiger partial charge in [-0.3, -0.25) is 4.98 Å². The summed E-state index contributed by atoms with van der Waals surface area (Å²) in [6, 6.07) is 0. The first kappa shape index (κ1) is 11.6. The highest BCUT2D eigenvalue weighted by atomic mass is 19.4. The van der Waals surface area contributed by atoms with Crippen LogP contribution < -0.4 is 5.73 Å². The first-order chi connectivity index (χ1) is 6.75. The Morgan fingerprint density at radius 1 is 1.27 bits per heavy atom. The second kappa shape index (κ2) is 3.59. The van der Waals surface area contributed by atoms with Gasteiger partial charge in [-0.25, -0.2) is 13.2 Å². The molecule has 84 valence electrons. The molecule has 1 rings (SSSR count). The number of pyridine rings is 1. The van der Waals surface area contributed by atoms with Gasteiger partial charge in [0.05, 0.1) is 11.9 Å². The van der Waals surface area contributed by atoms with Crippen molar-refractivity contribution in [1.29, 1.82) is 0 Å². The van der Waals surface area contributed by atoms with Gasteiger partial charge in [-0.2, -0.15) is 13.2 Å². The highest BCUT2D eigenvalue weighted by Gasteiger charge is 2.40. The van der Waals surface area contributed by atoms with E-state index in [9.17, 15) is 26.3 Å². The molecule has 0 bridgehead atoms. The molecule has 8 heteroatoms. The summed E-state index contributed by atoms with van der Waals surface area (Å²) in [6.45, 7) is 0. The molecule has 2 N–H and O–H groups in total. The number of aromatic nitrogens is 1. The van der Waals surface area contributed by atoms with E-state index in [1.807, 2.05) is 0 Å². The lowest BCUT2D eigenvalue weighted by molar-refractivity contribution is -0.139. The number of anilines is 1. The molecule has 1 heterocycles. The van der Waals surface area contributed by atoms with Gasteiger partial charge in [-0.15, -0.1) is 0 Å². The summed E-state index contributed by atoms with van der Waals surface area (Å²) in [5.41, 5.74) is -0.116. The number of hydrogen-bond acceptors (Lipinski definition) is 2. The lowest BCUT2D eigenvalue weighted by atomic mass is 10.1. The smallest absolute Gasteiger partial charge is 0.396 e. The SMILES string of the molecule is Nc1c(F)cnc(C(F)F)c1C(F)(F)F. The third-order valence-corrected chi connectivity index (χ3v) is 1.59. The molecule has 0 aliphatic carbocycles. The number of alkyl halides is 5. The molecule has 0 atom stereocenters. The lowest BCUT2D eigenvalue weighted by Gasteiger charge is -2.13. The van der Waals surface area contributed by atoms with Crippen LogP contribution in [-0.2, 0) is 6.18 Å². The Bertz CT molecular complexity index is 372. The van der Waals surface area contributed by atoms with Crippen molar-refractivity contribution >= 4 is 5.69 Å². The van der Waals surface area contributed by atoms with Gasteiger partial charge in [0, 0.05) is 0 Å². The molecule has 0 saturated heterocycles. The van der Waals surface area contributed by atoms with Gasteiger partial charge in [-0.05, 0) is 0 Å². The summed E-state index contributed by atoms with van der Waals surface area (Å²) < 4.78 is 73.6. The largest absolute Gasteiger partial charge is 0.420 e. The Labute approximate surface area is 79.7 Å². The maximum absolute atomic E-state index is 12.6. The normalized spacial score (nSPS) is 12.2. The van der Waals surface area contributed by atoms with Crippen LogP contribution in [0.3, 0.4) is 0 Å². The van der Waals surface area contributed by atoms with Crippen molar-refractivity contribution < 1.29 is 26.3 Å². The highest BCUT2D eigenvalue weighted by Crippen LogP contribution is 2.39. The summed E-state index contributed by atoms with van der Waals surface area (Å²) in [5, 5.41) is 0. The van der Waals surface area contributed by atoms with Crippen LogP contribution in [0.15, 0.2) is 6.20 Å². The molecule has 0 aliphatic heterocycles. The fourth-order valence-corrected chi connectivity index (χ4v) is 0.981. The second-order valence-corrected chi connectivity index (χ2v) is 2.58. The molecule has 0 aromatic carbocycles.